The summed E-state index contributed by atoms with van der Waals surface area (Å²) in [6.07, 6.45) is -0.672. The van der Waals surface area contributed by atoms with E-state index < -0.39 is 47.6 Å². The van der Waals surface area contributed by atoms with Gasteiger partial charge in [-0.05, 0) is 52.3 Å². The quantitative estimate of drug-likeness (QED) is 0.0826. The number of azide groups is 1. The van der Waals surface area contributed by atoms with Crippen LogP contribution in [0.5, 0.6) is 0 Å². The highest BCUT2D eigenvalue weighted by molar-refractivity contribution is 8.15. The van der Waals surface area contributed by atoms with E-state index in [0.29, 0.717) is 6.61 Å². The predicted octanol–water partition coefficient (Wildman–Crippen LogP) is 7.54. The minimum Gasteiger partial charge on any atom is -0.443 e. The van der Waals surface area contributed by atoms with Crippen LogP contribution in [0.4, 0.5) is 13.6 Å². The largest absolute Gasteiger partial charge is 0.443 e. The third-order valence-corrected chi connectivity index (χ3v) is 9.57. The fraction of sp³-hybridized carbons (Fsp3) is 0.680. The zero-order chi connectivity index (χ0) is 28.2. The number of hydrogen-bond acceptors (Lipinski definition) is 6. The number of amides is 1. The van der Waals surface area contributed by atoms with Crippen molar-refractivity contribution < 1.29 is 23.0 Å². The van der Waals surface area contributed by atoms with Crippen LogP contribution in [0, 0.1) is 17.6 Å². The molecule has 1 aromatic carbocycles. The first-order valence-electron chi connectivity index (χ1n) is 12.3. The fourth-order valence-electron chi connectivity index (χ4n) is 3.89. The van der Waals surface area contributed by atoms with Gasteiger partial charge < -0.3 is 9.47 Å². The first kappa shape index (κ1) is 31.1. The van der Waals surface area contributed by atoms with Crippen molar-refractivity contribution in [2.75, 3.05) is 19.9 Å². The number of thioether (sulfide) groups is 1. The van der Waals surface area contributed by atoms with Gasteiger partial charge in [0.25, 0.3) is 0 Å². The van der Waals surface area contributed by atoms with Gasteiger partial charge in [0.1, 0.15) is 12.3 Å². The number of ether oxygens (including phenoxy) is 2. The molecule has 0 saturated carbocycles. The van der Waals surface area contributed by atoms with Crippen molar-refractivity contribution in [1.82, 2.24) is 4.90 Å². The first-order chi connectivity index (χ1) is 16.9. The highest BCUT2D eigenvalue weighted by Gasteiger charge is 2.51. The number of rotatable bonds is 8. The van der Waals surface area contributed by atoms with E-state index in [1.807, 2.05) is 13.8 Å². The minimum atomic E-state index is -1.38. The maximum Gasteiger partial charge on any atom is 0.418 e. The van der Waals surface area contributed by atoms with Crippen molar-refractivity contribution in [3.63, 3.8) is 0 Å². The average molecular weight is 556 g/mol. The number of hydrogen-bond donors (Lipinski definition) is 0. The number of carbonyl (C=O) groups is 1. The van der Waals surface area contributed by atoms with Gasteiger partial charge in [0.15, 0.2) is 16.8 Å². The second-order valence-electron chi connectivity index (χ2n) is 11.9. The Morgan fingerprint density at radius 2 is 1.95 bits per heavy atom. The Balaban J connectivity index is 2.63. The van der Waals surface area contributed by atoms with Crippen LogP contribution in [0.25, 0.3) is 10.4 Å². The van der Waals surface area contributed by atoms with Crippen LogP contribution in [-0.4, -0.2) is 54.5 Å². The summed E-state index contributed by atoms with van der Waals surface area (Å²) >= 11 is 1.24. The molecule has 1 aromatic rings. The van der Waals surface area contributed by atoms with Gasteiger partial charge in [-0.15, -0.1) is 0 Å². The lowest BCUT2D eigenvalue weighted by Crippen LogP contribution is -2.53. The number of amidine groups is 1. The zero-order valence-electron chi connectivity index (χ0n) is 23.3. The predicted molar refractivity (Wildman–Crippen MR) is 147 cm³/mol. The molecule has 0 radical (unpaired) electrons. The highest BCUT2D eigenvalue weighted by atomic mass is 32.2. The Bertz CT molecular complexity index is 1070. The van der Waals surface area contributed by atoms with Crippen molar-refractivity contribution in [3.05, 3.63) is 45.8 Å². The highest BCUT2D eigenvalue weighted by Crippen LogP contribution is 2.51. The van der Waals surface area contributed by atoms with E-state index in [0.717, 1.165) is 12.1 Å². The average Bonchev–Trinajstić information content (AvgIpc) is 2.75. The van der Waals surface area contributed by atoms with Crippen LogP contribution in [0.3, 0.4) is 0 Å². The van der Waals surface area contributed by atoms with Gasteiger partial charge in [-0.2, -0.15) is 0 Å². The molecule has 0 aromatic heterocycles. The van der Waals surface area contributed by atoms with Gasteiger partial charge in [-0.1, -0.05) is 55.6 Å². The molecule has 206 valence electrons. The lowest BCUT2D eigenvalue weighted by atomic mass is 9.74. The van der Waals surface area contributed by atoms with E-state index in [-0.39, 0.29) is 24.0 Å². The Labute approximate surface area is 223 Å². The molecule has 1 aliphatic rings. The Morgan fingerprint density at radius 3 is 2.51 bits per heavy atom. The molecule has 12 heteroatoms. The molecule has 0 N–H and O–H groups in total. The van der Waals surface area contributed by atoms with Gasteiger partial charge in [-0.3, -0.25) is 4.99 Å². The van der Waals surface area contributed by atoms with Crippen molar-refractivity contribution in [3.8, 4) is 0 Å². The van der Waals surface area contributed by atoms with Crippen LogP contribution in [0.15, 0.2) is 28.3 Å². The van der Waals surface area contributed by atoms with Gasteiger partial charge in [-0.25, -0.2) is 18.5 Å². The fourth-order valence-corrected chi connectivity index (χ4v) is 6.07. The topological polar surface area (TPSA) is 99.9 Å². The SMILES string of the molecule is CC1[C@@](C)(CN=[N+]=[N-])SC(N(COCC[Si](C)(C)C)C(=O)OC(C)(C)C)=N[C@]1(C)c1cccc(F)c1F. The van der Waals surface area contributed by atoms with Crippen LogP contribution in [0.1, 0.15) is 47.1 Å². The van der Waals surface area contributed by atoms with Gasteiger partial charge in [0.2, 0.25) is 0 Å². The zero-order valence-corrected chi connectivity index (χ0v) is 25.1. The first-order valence-corrected chi connectivity index (χ1v) is 16.8. The molecular formula is C25H39F2N5O3SSi. The summed E-state index contributed by atoms with van der Waals surface area (Å²) in [5, 5.41) is 4.02. The summed E-state index contributed by atoms with van der Waals surface area (Å²) in [7, 11) is -1.38. The maximum absolute atomic E-state index is 15.1. The van der Waals surface area contributed by atoms with Crippen molar-refractivity contribution in [1.29, 1.82) is 0 Å². The van der Waals surface area contributed by atoms with E-state index in [9.17, 15) is 9.18 Å². The minimum absolute atomic E-state index is 0.0412. The summed E-state index contributed by atoms with van der Waals surface area (Å²) in [5.41, 5.74) is 7.01. The van der Waals surface area contributed by atoms with E-state index in [1.165, 1.54) is 28.8 Å². The monoisotopic (exact) mass is 555 g/mol. The maximum atomic E-state index is 15.1. The van der Waals surface area contributed by atoms with Gasteiger partial charge in [0, 0.05) is 42.4 Å². The number of benzene rings is 1. The molecule has 2 rings (SSSR count). The van der Waals surface area contributed by atoms with Crippen molar-refractivity contribution in [2.45, 2.75) is 83.1 Å². The van der Waals surface area contributed by atoms with E-state index >= 15 is 4.39 Å². The van der Waals surface area contributed by atoms with Crippen molar-refractivity contribution in [2.24, 2.45) is 16.0 Å². The Kier molecular flexibility index (Phi) is 9.84. The molecule has 0 fully saturated rings. The number of aliphatic imine (C=N–C) groups is 1. The molecule has 1 heterocycles. The van der Waals surface area contributed by atoms with E-state index in [2.05, 4.69) is 29.7 Å². The van der Waals surface area contributed by atoms with E-state index in [4.69, 9.17) is 20.0 Å². The van der Waals surface area contributed by atoms with Crippen LogP contribution in [0.2, 0.25) is 25.7 Å². The Morgan fingerprint density at radius 1 is 1.30 bits per heavy atom. The molecule has 0 aliphatic carbocycles. The summed E-state index contributed by atoms with van der Waals surface area (Å²) in [4.78, 5) is 22.4. The van der Waals surface area contributed by atoms with Crippen molar-refractivity contribution >= 4 is 31.1 Å². The summed E-state index contributed by atoms with van der Waals surface area (Å²) < 4.78 is 40.2. The summed E-state index contributed by atoms with van der Waals surface area (Å²) in [6, 6.07) is 4.86. The molecule has 0 saturated heterocycles. The van der Waals surface area contributed by atoms with Crippen LogP contribution < -0.4 is 0 Å². The molecular weight excluding hydrogens is 516 g/mol. The normalized spacial score (nSPS) is 24.2. The molecule has 8 nitrogen and oxygen atoms in total. The smallest absolute Gasteiger partial charge is 0.418 e. The van der Waals surface area contributed by atoms with Gasteiger partial charge >= 0.3 is 6.09 Å². The lowest BCUT2D eigenvalue weighted by molar-refractivity contribution is 0.0108. The number of halogens is 2. The van der Waals surface area contributed by atoms with Gasteiger partial charge in [0.05, 0.1) is 5.54 Å². The molecule has 1 aliphatic heterocycles. The van der Waals surface area contributed by atoms with Crippen LogP contribution >= 0.6 is 11.8 Å². The van der Waals surface area contributed by atoms with E-state index in [1.54, 1.807) is 27.7 Å². The molecule has 0 bridgehead atoms. The lowest BCUT2D eigenvalue weighted by Gasteiger charge is -2.48. The molecule has 1 amide bonds. The molecule has 3 atom stereocenters. The Hall–Kier alpha value is -2.14. The number of nitrogens with zero attached hydrogens (tertiary/aromatic N) is 5. The molecule has 1 unspecified atom stereocenters. The molecule has 0 spiro atoms. The van der Waals surface area contributed by atoms with Crippen LogP contribution in [-0.2, 0) is 15.0 Å². The molecule has 37 heavy (non-hydrogen) atoms. The second kappa shape index (κ2) is 11.7. The standard InChI is InChI=1S/C25H39F2N5O3SSi/c1-17-24(5,15-29-31-28)36-21(30-25(17,6)18-11-10-12-19(26)20(18)27)32(22(33)35-23(2,3)4)16-34-13-14-37(7,8)9/h10-12,17H,13-16H2,1-9H3/t17?,24-,25+/m1/s1. The summed E-state index contributed by atoms with van der Waals surface area (Å²) in [5.74, 6) is -2.41. The second-order valence-corrected chi connectivity index (χ2v) is 19.0. The third kappa shape index (κ3) is 7.92. The number of carbonyl (C=O) groups excluding carboxylic acids is 1. The summed E-state index contributed by atoms with van der Waals surface area (Å²) in [6.45, 7) is 17.7. The third-order valence-electron chi connectivity index (χ3n) is 6.42.